The number of anilines is 1. The van der Waals surface area contributed by atoms with Crippen LogP contribution in [0.1, 0.15) is 31.9 Å². The van der Waals surface area contributed by atoms with Crippen LogP contribution in [0.15, 0.2) is 24.3 Å². The highest BCUT2D eigenvalue weighted by molar-refractivity contribution is 7.92. The second-order valence-corrected chi connectivity index (χ2v) is 7.81. The lowest BCUT2D eigenvalue weighted by atomic mass is 10.0. The van der Waals surface area contributed by atoms with Gasteiger partial charge in [0.05, 0.1) is 18.2 Å². The van der Waals surface area contributed by atoms with Gasteiger partial charge in [-0.3, -0.25) is 14.3 Å². The zero-order valence-electron chi connectivity index (χ0n) is 14.1. The molecular formula is C16H23N3O4S. The predicted molar refractivity (Wildman–Crippen MR) is 91.8 cm³/mol. The van der Waals surface area contributed by atoms with Crippen LogP contribution in [0.25, 0.3) is 0 Å². The maximum Gasteiger partial charge on any atom is 0.229 e. The Balaban J connectivity index is 2.02. The lowest BCUT2D eigenvalue weighted by molar-refractivity contribution is -0.129. The van der Waals surface area contributed by atoms with Gasteiger partial charge in [0.25, 0.3) is 0 Å². The Labute approximate surface area is 142 Å². The standard InChI is InChI=1S/C16H23N3O4S/c1-4-19-10-13(9-15(19)20)16(21)17-11(2)12-6-5-7-14(8-12)18-24(3,22)23/h5-8,11,13,18H,4,9-10H2,1-3H3,(H,17,21)/t11-,13-/m1/s1. The van der Waals surface area contributed by atoms with Gasteiger partial charge in [0, 0.05) is 25.2 Å². The van der Waals surface area contributed by atoms with Crippen LogP contribution in [0, 0.1) is 5.92 Å². The van der Waals surface area contributed by atoms with Gasteiger partial charge in [0.2, 0.25) is 21.8 Å². The molecule has 8 heteroatoms. The first-order valence-electron chi connectivity index (χ1n) is 7.85. The highest BCUT2D eigenvalue weighted by Gasteiger charge is 2.33. The zero-order chi connectivity index (χ0) is 17.9. The average molecular weight is 353 g/mol. The van der Waals surface area contributed by atoms with Crippen LogP contribution in [0.2, 0.25) is 0 Å². The first-order valence-corrected chi connectivity index (χ1v) is 9.74. The normalized spacial score (nSPS) is 19.2. The number of likely N-dealkylation sites (tertiary alicyclic amines) is 1. The predicted octanol–water partition coefficient (Wildman–Crippen LogP) is 1.10. The molecule has 0 radical (unpaired) electrons. The van der Waals surface area contributed by atoms with Crippen molar-refractivity contribution in [2.45, 2.75) is 26.3 Å². The molecular weight excluding hydrogens is 330 g/mol. The van der Waals surface area contributed by atoms with Crippen molar-refractivity contribution in [2.24, 2.45) is 5.92 Å². The number of carbonyl (C=O) groups is 2. The number of hydrogen-bond acceptors (Lipinski definition) is 4. The summed E-state index contributed by atoms with van der Waals surface area (Å²) in [7, 11) is -3.35. The molecule has 0 saturated carbocycles. The number of carbonyl (C=O) groups excluding carboxylic acids is 2. The van der Waals surface area contributed by atoms with Gasteiger partial charge < -0.3 is 10.2 Å². The van der Waals surface area contributed by atoms with Crippen LogP contribution in [-0.4, -0.2) is 44.5 Å². The lowest BCUT2D eigenvalue weighted by Gasteiger charge is -2.18. The van der Waals surface area contributed by atoms with E-state index in [9.17, 15) is 18.0 Å². The Morgan fingerprint density at radius 2 is 2.12 bits per heavy atom. The molecule has 132 valence electrons. The van der Waals surface area contributed by atoms with Crippen LogP contribution in [0.4, 0.5) is 5.69 Å². The fraction of sp³-hybridized carbons (Fsp3) is 0.500. The van der Waals surface area contributed by atoms with E-state index in [0.29, 0.717) is 18.8 Å². The molecule has 2 N–H and O–H groups in total. The van der Waals surface area contributed by atoms with E-state index in [2.05, 4.69) is 10.0 Å². The van der Waals surface area contributed by atoms with Crippen molar-refractivity contribution in [3.8, 4) is 0 Å². The van der Waals surface area contributed by atoms with Gasteiger partial charge in [-0.1, -0.05) is 12.1 Å². The lowest BCUT2D eigenvalue weighted by Crippen LogP contribution is -2.34. The molecule has 1 saturated heterocycles. The number of nitrogens with one attached hydrogen (secondary N) is 2. The van der Waals surface area contributed by atoms with Crippen LogP contribution in [0.3, 0.4) is 0 Å². The fourth-order valence-corrected chi connectivity index (χ4v) is 3.31. The third-order valence-electron chi connectivity index (χ3n) is 4.02. The molecule has 0 spiro atoms. The molecule has 1 fully saturated rings. The van der Waals surface area contributed by atoms with E-state index in [1.54, 1.807) is 23.1 Å². The number of benzene rings is 1. The molecule has 24 heavy (non-hydrogen) atoms. The van der Waals surface area contributed by atoms with Crippen molar-refractivity contribution >= 4 is 27.5 Å². The molecule has 1 heterocycles. The number of hydrogen-bond donors (Lipinski definition) is 2. The van der Waals surface area contributed by atoms with E-state index in [1.165, 1.54) is 0 Å². The van der Waals surface area contributed by atoms with E-state index in [0.717, 1.165) is 11.8 Å². The SMILES string of the molecule is CCN1C[C@H](C(=O)N[C@H](C)c2cccc(NS(C)(=O)=O)c2)CC1=O. The van der Waals surface area contributed by atoms with Crippen molar-refractivity contribution in [1.29, 1.82) is 0 Å². The number of amides is 2. The quantitative estimate of drug-likeness (QED) is 0.801. The Kier molecular flexibility index (Phi) is 5.48. The van der Waals surface area contributed by atoms with E-state index >= 15 is 0 Å². The Hall–Kier alpha value is -2.09. The Bertz CT molecular complexity index is 733. The molecule has 2 amide bonds. The van der Waals surface area contributed by atoms with Crippen LogP contribution in [-0.2, 0) is 19.6 Å². The summed E-state index contributed by atoms with van der Waals surface area (Å²) in [5.74, 6) is -0.491. The molecule has 1 aliphatic heterocycles. The van der Waals surface area contributed by atoms with Gasteiger partial charge in [-0.2, -0.15) is 0 Å². The highest BCUT2D eigenvalue weighted by atomic mass is 32.2. The third kappa shape index (κ3) is 4.70. The monoisotopic (exact) mass is 353 g/mol. The topological polar surface area (TPSA) is 95.6 Å². The molecule has 1 aliphatic rings. The smallest absolute Gasteiger partial charge is 0.229 e. The van der Waals surface area contributed by atoms with Gasteiger partial charge >= 0.3 is 0 Å². The molecule has 0 aliphatic carbocycles. The summed E-state index contributed by atoms with van der Waals surface area (Å²) in [6.07, 6.45) is 1.32. The molecule has 1 aromatic rings. The molecule has 2 atom stereocenters. The van der Waals surface area contributed by atoms with E-state index in [4.69, 9.17) is 0 Å². The average Bonchev–Trinajstić information content (AvgIpc) is 2.87. The van der Waals surface area contributed by atoms with Crippen LogP contribution < -0.4 is 10.0 Å². The van der Waals surface area contributed by atoms with Crippen LogP contribution in [0.5, 0.6) is 0 Å². The van der Waals surface area contributed by atoms with E-state index in [-0.39, 0.29) is 30.2 Å². The first kappa shape index (κ1) is 18.3. The summed E-state index contributed by atoms with van der Waals surface area (Å²) in [5, 5.41) is 2.90. The summed E-state index contributed by atoms with van der Waals surface area (Å²) in [5.41, 5.74) is 1.23. The highest BCUT2D eigenvalue weighted by Crippen LogP contribution is 2.21. The van der Waals surface area contributed by atoms with Crippen LogP contribution >= 0.6 is 0 Å². The molecule has 1 aromatic carbocycles. The molecule has 2 rings (SSSR count). The van der Waals surface area contributed by atoms with Gasteiger partial charge in [0.15, 0.2) is 0 Å². The molecule has 7 nitrogen and oxygen atoms in total. The minimum atomic E-state index is -3.35. The van der Waals surface area contributed by atoms with Gasteiger partial charge in [-0.05, 0) is 31.5 Å². The minimum absolute atomic E-state index is 0.00431. The summed E-state index contributed by atoms with van der Waals surface area (Å²) < 4.78 is 25.0. The summed E-state index contributed by atoms with van der Waals surface area (Å²) >= 11 is 0. The zero-order valence-corrected chi connectivity index (χ0v) is 14.9. The number of rotatable bonds is 6. The Morgan fingerprint density at radius 1 is 1.42 bits per heavy atom. The van der Waals surface area contributed by atoms with Crippen molar-refractivity contribution in [2.75, 3.05) is 24.1 Å². The maximum absolute atomic E-state index is 12.3. The minimum Gasteiger partial charge on any atom is -0.349 e. The fourth-order valence-electron chi connectivity index (χ4n) is 2.75. The van der Waals surface area contributed by atoms with Gasteiger partial charge in [-0.25, -0.2) is 8.42 Å². The number of sulfonamides is 1. The van der Waals surface area contributed by atoms with Gasteiger partial charge in [0.1, 0.15) is 0 Å². The summed E-state index contributed by atoms with van der Waals surface area (Å²) in [6, 6.07) is 6.59. The van der Waals surface area contributed by atoms with Crippen molar-refractivity contribution < 1.29 is 18.0 Å². The van der Waals surface area contributed by atoms with Gasteiger partial charge in [-0.15, -0.1) is 0 Å². The van der Waals surface area contributed by atoms with Crippen molar-refractivity contribution in [3.63, 3.8) is 0 Å². The van der Waals surface area contributed by atoms with E-state index < -0.39 is 10.0 Å². The number of nitrogens with zero attached hydrogens (tertiary/aromatic N) is 1. The molecule has 0 bridgehead atoms. The van der Waals surface area contributed by atoms with E-state index in [1.807, 2.05) is 19.9 Å². The Morgan fingerprint density at radius 3 is 2.71 bits per heavy atom. The maximum atomic E-state index is 12.3. The van der Waals surface area contributed by atoms with Crippen molar-refractivity contribution in [3.05, 3.63) is 29.8 Å². The first-order chi connectivity index (χ1) is 11.2. The second-order valence-electron chi connectivity index (χ2n) is 6.06. The second kappa shape index (κ2) is 7.21. The largest absolute Gasteiger partial charge is 0.349 e. The summed E-state index contributed by atoms with van der Waals surface area (Å²) in [4.78, 5) is 25.8. The molecule has 0 unspecified atom stereocenters. The summed E-state index contributed by atoms with van der Waals surface area (Å²) in [6.45, 7) is 4.77. The third-order valence-corrected chi connectivity index (χ3v) is 4.62. The molecule has 0 aromatic heterocycles. The van der Waals surface area contributed by atoms with Crippen molar-refractivity contribution in [1.82, 2.24) is 10.2 Å².